The van der Waals surface area contributed by atoms with Crippen molar-refractivity contribution >= 4 is 30.5 Å². The average Bonchev–Trinajstić information content (AvgIpc) is 3.02. The summed E-state index contributed by atoms with van der Waals surface area (Å²) in [5.74, 6) is 2.49. The van der Waals surface area contributed by atoms with Crippen molar-refractivity contribution in [1.29, 1.82) is 0 Å². The third-order valence-electron chi connectivity index (χ3n) is 7.55. The SMILES string of the molecule is COc1cc(CN2CCN(Cc3c(C)nc(-c4ccccc4)nc3-c3cccc([N+](=O)[O-])c3)CC2)cc(OC)c1OC.Cl.Cl. The Balaban J connectivity index is 0.00000264. The number of hydrogen-bond acceptors (Lipinski definition) is 9. The van der Waals surface area contributed by atoms with E-state index in [1.807, 2.05) is 55.5 Å². The van der Waals surface area contributed by atoms with Crippen molar-refractivity contribution in [2.24, 2.45) is 0 Å². The number of halogens is 2. The lowest BCUT2D eigenvalue weighted by atomic mass is 10.0. The van der Waals surface area contributed by atoms with Gasteiger partial charge in [0.1, 0.15) is 0 Å². The second-order valence-electron chi connectivity index (χ2n) is 10.2. The van der Waals surface area contributed by atoms with E-state index >= 15 is 0 Å². The van der Waals surface area contributed by atoms with Gasteiger partial charge in [0.05, 0.1) is 31.9 Å². The van der Waals surface area contributed by atoms with E-state index < -0.39 is 0 Å². The van der Waals surface area contributed by atoms with Crippen LogP contribution in [0.4, 0.5) is 5.69 Å². The summed E-state index contributed by atoms with van der Waals surface area (Å²) in [6.45, 7) is 6.88. The summed E-state index contributed by atoms with van der Waals surface area (Å²) in [4.78, 5) is 25.8. The molecule has 1 saturated heterocycles. The maximum absolute atomic E-state index is 11.5. The van der Waals surface area contributed by atoms with Gasteiger partial charge < -0.3 is 14.2 Å². The third-order valence-corrected chi connectivity index (χ3v) is 7.55. The number of piperazine rings is 1. The van der Waals surface area contributed by atoms with Gasteiger partial charge in [-0.3, -0.25) is 19.9 Å². The quantitative estimate of drug-likeness (QED) is 0.148. The van der Waals surface area contributed by atoms with Crippen LogP contribution in [-0.4, -0.2) is 72.2 Å². The van der Waals surface area contributed by atoms with Crippen LogP contribution in [0.5, 0.6) is 17.2 Å². The minimum absolute atomic E-state index is 0. The van der Waals surface area contributed by atoms with Gasteiger partial charge in [0, 0.05) is 73.8 Å². The van der Waals surface area contributed by atoms with Crippen molar-refractivity contribution in [1.82, 2.24) is 19.8 Å². The first-order valence-electron chi connectivity index (χ1n) is 13.8. The molecule has 1 fully saturated rings. The summed E-state index contributed by atoms with van der Waals surface area (Å²) in [5.41, 5.74) is 5.31. The summed E-state index contributed by atoms with van der Waals surface area (Å²) in [6, 6.07) is 20.5. The van der Waals surface area contributed by atoms with E-state index in [0.29, 0.717) is 35.2 Å². The number of aromatic nitrogens is 2. The second-order valence-corrected chi connectivity index (χ2v) is 10.2. The fraction of sp³-hybridized carbons (Fsp3) is 0.312. The van der Waals surface area contributed by atoms with E-state index in [2.05, 4.69) is 9.80 Å². The number of benzene rings is 3. The van der Waals surface area contributed by atoms with Crippen molar-refractivity contribution in [2.75, 3.05) is 47.5 Å². The molecule has 0 bridgehead atoms. The molecule has 1 aliphatic rings. The first-order valence-corrected chi connectivity index (χ1v) is 13.8. The Labute approximate surface area is 270 Å². The highest BCUT2D eigenvalue weighted by Gasteiger charge is 2.23. The number of non-ortho nitro benzene ring substituents is 1. The van der Waals surface area contributed by atoms with E-state index in [-0.39, 0.29) is 35.4 Å². The smallest absolute Gasteiger partial charge is 0.270 e. The second kappa shape index (κ2) is 15.7. The van der Waals surface area contributed by atoms with Crippen molar-refractivity contribution in [3.63, 3.8) is 0 Å². The molecule has 5 rings (SSSR count). The van der Waals surface area contributed by atoms with Crippen LogP contribution < -0.4 is 14.2 Å². The van der Waals surface area contributed by atoms with E-state index in [4.69, 9.17) is 24.2 Å². The number of methoxy groups -OCH3 is 3. The molecule has 234 valence electrons. The van der Waals surface area contributed by atoms with Crippen molar-refractivity contribution < 1.29 is 19.1 Å². The average molecular weight is 643 g/mol. The van der Waals surface area contributed by atoms with Gasteiger partial charge in [0.15, 0.2) is 17.3 Å². The lowest BCUT2D eigenvalue weighted by molar-refractivity contribution is -0.384. The molecule has 12 heteroatoms. The van der Waals surface area contributed by atoms with Crippen LogP contribution in [0, 0.1) is 17.0 Å². The molecular formula is C32H37Cl2N5O5. The molecule has 4 aromatic rings. The topological polar surface area (TPSA) is 103 Å². The van der Waals surface area contributed by atoms with Gasteiger partial charge in [0.2, 0.25) is 5.75 Å². The highest BCUT2D eigenvalue weighted by molar-refractivity contribution is 5.85. The molecule has 10 nitrogen and oxygen atoms in total. The minimum Gasteiger partial charge on any atom is -0.493 e. The molecule has 0 N–H and O–H groups in total. The predicted molar refractivity (Wildman–Crippen MR) is 175 cm³/mol. The fourth-order valence-corrected chi connectivity index (χ4v) is 5.32. The molecule has 2 heterocycles. The zero-order chi connectivity index (χ0) is 29.6. The van der Waals surface area contributed by atoms with Crippen LogP contribution in [-0.2, 0) is 13.1 Å². The van der Waals surface area contributed by atoms with Crippen LogP contribution in [0.1, 0.15) is 16.8 Å². The van der Waals surface area contributed by atoms with E-state index in [1.165, 1.54) is 6.07 Å². The summed E-state index contributed by atoms with van der Waals surface area (Å²) in [7, 11) is 4.85. The fourth-order valence-electron chi connectivity index (χ4n) is 5.32. The van der Waals surface area contributed by atoms with Crippen LogP contribution in [0.25, 0.3) is 22.6 Å². The van der Waals surface area contributed by atoms with Crippen LogP contribution in [0.3, 0.4) is 0 Å². The first kappa shape index (κ1) is 34.5. The van der Waals surface area contributed by atoms with E-state index in [9.17, 15) is 10.1 Å². The summed E-state index contributed by atoms with van der Waals surface area (Å²) in [6.07, 6.45) is 0. The molecule has 0 radical (unpaired) electrons. The molecular weight excluding hydrogens is 605 g/mol. The van der Waals surface area contributed by atoms with Crippen LogP contribution in [0.15, 0.2) is 66.7 Å². The number of nitro groups is 1. The van der Waals surface area contributed by atoms with Gasteiger partial charge in [0.25, 0.3) is 5.69 Å². The molecule has 0 saturated carbocycles. The molecule has 0 amide bonds. The Bertz CT molecular complexity index is 1540. The van der Waals surface area contributed by atoms with Gasteiger partial charge in [-0.25, -0.2) is 9.97 Å². The Hall–Kier alpha value is -3.96. The zero-order valence-electron chi connectivity index (χ0n) is 25.2. The van der Waals surface area contributed by atoms with Crippen LogP contribution in [0.2, 0.25) is 0 Å². The van der Waals surface area contributed by atoms with Gasteiger partial charge in [-0.2, -0.15) is 0 Å². The summed E-state index contributed by atoms with van der Waals surface area (Å²) in [5, 5.41) is 11.5. The number of rotatable bonds is 10. The Morgan fingerprint density at radius 2 is 1.36 bits per heavy atom. The molecule has 1 aliphatic heterocycles. The number of nitro benzene ring substituents is 1. The van der Waals surface area contributed by atoms with Gasteiger partial charge in [-0.1, -0.05) is 42.5 Å². The molecule has 44 heavy (non-hydrogen) atoms. The van der Waals surface area contributed by atoms with Crippen molar-refractivity contribution in [3.05, 3.63) is 93.7 Å². The van der Waals surface area contributed by atoms with Gasteiger partial charge in [-0.15, -0.1) is 24.8 Å². The van der Waals surface area contributed by atoms with Crippen molar-refractivity contribution in [2.45, 2.75) is 20.0 Å². The maximum Gasteiger partial charge on any atom is 0.270 e. The number of nitrogens with zero attached hydrogens (tertiary/aromatic N) is 5. The largest absolute Gasteiger partial charge is 0.493 e. The van der Waals surface area contributed by atoms with Gasteiger partial charge in [-0.05, 0) is 24.6 Å². The Morgan fingerprint density at radius 1 is 0.773 bits per heavy atom. The minimum atomic E-state index is -0.372. The maximum atomic E-state index is 11.5. The molecule has 3 aromatic carbocycles. The molecule has 0 atom stereocenters. The molecule has 0 spiro atoms. The number of ether oxygens (including phenoxy) is 3. The standard InChI is InChI=1S/C32H35N5O5.2ClH/c1-22-27(21-36-15-13-35(14-16-36)20-23-17-28(40-2)31(42-4)29(18-23)41-3)30(25-11-8-12-26(19-25)37(38)39)34-32(33-22)24-9-6-5-7-10-24;;/h5-12,17-19H,13-16,20-21H2,1-4H3;2*1H. The van der Waals surface area contributed by atoms with Crippen LogP contribution >= 0.6 is 24.8 Å². The Morgan fingerprint density at radius 3 is 1.93 bits per heavy atom. The predicted octanol–water partition coefficient (Wildman–Crippen LogP) is 6.21. The highest BCUT2D eigenvalue weighted by atomic mass is 35.5. The first-order chi connectivity index (χ1) is 20.4. The van der Waals surface area contributed by atoms with E-state index in [0.717, 1.165) is 60.8 Å². The summed E-state index contributed by atoms with van der Waals surface area (Å²) >= 11 is 0. The zero-order valence-corrected chi connectivity index (χ0v) is 26.8. The van der Waals surface area contributed by atoms with Crippen molar-refractivity contribution in [3.8, 4) is 39.9 Å². The molecule has 1 aromatic heterocycles. The number of aryl methyl sites for hydroxylation is 1. The third kappa shape index (κ3) is 7.75. The van der Waals surface area contributed by atoms with E-state index in [1.54, 1.807) is 33.5 Å². The Kier molecular flexibility index (Phi) is 12.3. The lowest BCUT2D eigenvalue weighted by Crippen LogP contribution is -2.45. The monoisotopic (exact) mass is 641 g/mol. The number of hydrogen-bond donors (Lipinski definition) is 0. The highest BCUT2D eigenvalue weighted by Crippen LogP contribution is 2.38. The van der Waals surface area contributed by atoms with Gasteiger partial charge >= 0.3 is 0 Å². The summed E-state index contributed by atoms with van der Waals surface area (Å²) < 4.78 is 16.5. The lowest BCUT2D eigenvalue weighted by Gasteiger charge is -2.35. The molecule has 0 unspecified atom stereocenters. The molecule has 0 aliphatic carbocycles. The normalized spacial score (nSPS) is 13.4.